The average molecular weight is 239 g/mol. The summed E-state index contributed by atoms with van der Waals surface area (Å²) < 4.78 is 36.3. The minimum absolute atomic E-state index is 0.0610. The highest BCUT2D eigenvalue weighted by molar-refractivity contribution is 5.78. The molecule has 1 N–H and O–H groups in total. The molecule has 1 aliphatic heterocycles. The Hall–Kier alpha value is -0.820. The topological polar surface area (TPSA) is 35.6 Å². The molecule has 0 aromatic heterocycles. The van der Waals surface area contributed by atoms with Crippen molar-refractivity contribution in [3.05, 3.63) is 0 Å². The van der Waals surface area contributed by atoms with Crippen molar-refractivity contribution in [3.8, 4) is 0 Å². The van der Waals surface area contributed by atoms with Gasteiger partial charge in [-0.25, -0.2) is 0 Å². The van der Waals surface area contributed by atoms with Crippen molar-refractivity contribution in [2.24, 2.45) is 0 Å². The molecule has 4 nitrogen and oxygen atoms in total. The van der Waals surface area contributed by atoms with Gasteiger partial charge in [-0.05, 0) is 7.05 Å². The van der Waals surface area contributed by atoms with Crippen LogP contribution in [0.15, 0.2) is 0 Å². The normalized spacial score (nSPS) is 18.9. The maximum Gasteiger partial charge on any atom is 0.401 e. The molecule has 0 spiro atoms. The molecule has 0 aliphatic carbocycles. The molecule has 0 atom stereocenters. The lowest BCUT2D eigenvalue weighted by atomic mass is 10.3. The Morgan fingerprint density at radius 2 is 1.81 bits per heavy atom. The van der Waals surface area contributed by atoms with E-state index in [1.54, 1.807) is 11.9 Å². The van der Waals surface area contributed by atoms with Gasteiger partial charge in [-0.15, -0.1) is 0 Å². The summed E-state index contributed by atoms with van der Waals surface area (Å²) in [6, 6.07) is 0. The smallest absolute Gasteiger partial charge is 0.339 e. The number of likely N-dealkylation sites (N-methyl/N-ethyl adjacent to an activating group) is 1. The Kier molecular flexibility index (Phi) is 4.55. The Bertz CT molecular complexity index is 237. The van der Waals surface area contributed by atoms with Crippen LogP contribution in [0.2, 0.25) is 0 Å². The Morgan fingerprint density at radius 1 is 1.25 bits per heavy atom. The van der Waals surface area contributed by atoms with Gasteiger partial charge < -0.3 is 10.2 Å². The summed E-state index contributed by atoms with van der Waals surface area (Å²) in [5.41, 5.74) is 0. The van der Waals surface area contributed by atoms with Gasteiger partial charge in [0.05, 0.1) is 13.1 Å². The minimum Gasteiger partial charge on any atom is -0.339 e. The first-order valence-corrected chi connectivity index (χ1v) is 5.14. The summed E-state index contributed by atoms with van der Waals surface area (Å²) in [6.07, 6.45) is -4.16. The van der Waals surface area contributed by atoms with Gasteiger partial charge in [-0.2, -0.15) is 13.2 Å². The number of halogens is 3. The molecular weight excluding hydrogens is 223 g/mol. The van der Waals surface area contributed by atoms with Crippen molar-refractivity contribution in [2.45, 2.75) is 6.18 Å². The third-order valence-corrected chi connectivity index (χ3v) is 2.46. The molecular formula is C9H16F3N3O. The van der Waals surface area contributed by atoms with E-state index < -0.39 is 12.7 Å². The van der Waals surface area contributed by atoms with Gasteiger partial charge >= 0.3 is 6.18 Å². The third kappa shape index (κ3) is 4.36. The first kappa shape index (κ1) is 13.2. The highest BCUT2D eigenvalue weighted by Crippen LogP contribution is 2.17. The van der Waals surface area contributed by atoms with Gasteiger partial charge in [-0.1, -0.05) is 0 Å². The van der Waals surface area contributed by atoms with E-state index in [4.69, 9.17) is 0 Å². The summed E-state index contributed by atoms with van der Waals surface area (Å²) in [4.78, 5) is 14.3. The molecule has 94 valence electrons. The second kappa shape index (κ2) is 5.49. The fourth-order valence-electron chi connectivity index (χ4n) is 1.67. The molecule has 1 amide bonds. The summed E-state index contributed by atoms with van der Waals surface area (Å²) in [7, 11) is 1.66. The van der Waals surface area contributed by atoms with E-state index in [2.05, 4.69) is 5.32 Å². The lowest BCUT2D eigenvalue weighted by molar-refractivity contribution is -0.151. The number of alkyl halides is 3. The highest BCUT2D eigenvalue weighted by atomic mass is 19.4. The Labute approximate surface area is 92.4 Å². The van der Waals surface area contributed by atoms with Gasteiger partial charge in [0.25, 0.3) is 0 Å². The van der Waals surface area contributed by atoms with Crippen LogP contribution in [0.1, 0.15) is 0 Å². The average Bonchev–Trinajstić information content (AvgIpc) is 2.16. The van der Waals surface area contributed by atoms with Crippen LogP contribution in [0, 0.1) is 0 Å². The molecule has 1 saturated heterocycles. The second-order valence-corrected chi connectivity index (χ2v) is 3.80. The number of piperazine rings is 1. The van der Waals surface area contributed by atoms with Crippen LogP contribution < -0.4 is 5.32 Å². The molecule has 1 fully saturated rings. The van der Waals surface area contributed by atoms with Crippen LogP contribution in [0.3, 0.4) is 0 Å². The standard InChI is InChI=1S/C9H16F3N3O/c1-13-6-8(16)15-4-2-14(3-5-15)7-9(10,11)12/h13H,2-7H2,1H3. The zero-order chi connectivity index (χ0) is 12.2. The van der Waals surface area contributed by atoms with Crippen molar-refractivity contribution < 1.29 is 18.0 Å². The summed E-state index contributed by atoms with van der Waals surface area (Å²) in [5.74, 6) is -0.0610. The monoisotopic (exact) mass is 239 g/mol. The quantitative estimate of drug-likeness (QED) is 0.748. The van der Waals surface area contributed by atoms with Crippen LogP contribution in [-0.4, -0.2) is 68.2 Å². The van der Waals surface area contributed by atoms with Gasteiger partial charge in [0, 0.05) is 26.2 Å². The lowest BCUT2D eigenvalue weighted by Crippen LogP contribution is -2.52. The second-order valence-electron chi connectivity index (χ2n) is 3.80. The lowest BCUT2D eigenvalue weighted by Gasteiger charge is -2.34. The molecule has 7 heteroatoms. The van der Waals surface area contributed by atoms with Crippen molar-refractivity contribution in [1.29, 1.82) is 0 Å². The Balaban J connectivity index is 2.31. The van der Waals surface area contributed by atoms with Crippen molar-refractivity contribution >= 4 is 5.91 Å². The number of hydrogen-bond donors (Lipinski definition) is 1. The molecule has 16 heavy (non-hydrogen) atoms. The SMILES string of the molecule is CNCC(=O)N1CCN(CC(F)(F)F)CC1. The number of carbonyl (C=O) groups excluding carboxylic acids is 1. The van der Waals surface area contributed by atoms with E-state index >= 15 is 0 Å². The molecule has 0 radical (unpaired) electrons. The van der Waals surface area contributed by atoms with Crippen molar-refractivity contribution in [3.63, 3.8) is 0 Å². The summed E-state index contributed by atoms with van der Waals surface area (Å²) in [5, 5.41) is 2.73. The van der Waals surface area contributed by atoms with Crippen LogP contribution in [0.5, 0.6) is 0 Å². The van der Waals surface area contributed by atoms with Crippen LogP contribution >= 0.6 is 0 Å². The number of carbonyl (C=O) groups is 1. The first-order valence-electron chi connectivity index (χ1n) is 5.14. The van der Waals surface area contributed by atoms with Crippen molar-refractivity contribution in [1.82, 2.24) is 15.1 Å². The molecule has 0 saturated carbocycles. The van der Waals surface area contributed by atoms with Gasteiger partial charge in [-0.3, -0.25) is 9.69 Å². The van der Waals surface area contributed by atoms with E-state index in [0.29, 0.717) is 13.1 Å². The predicted molar refractivity (Wildman–Crippen MR) is 53.0 cm³/mol. The van der Waals surface area contributed by atoms with E-state index in [0.717, 1.165) is 0 Å². The number of rotatable bonds is 3. The van der Waals surface area contributed by atoms with Crippen molar-refractivity contribution in [2.75, 3.05) is 46.3 Å². The van der Waals surface area contributed by atoms with Crippen LogP contribution in [0.25, 0.3) is 0 Å². The molecule has 0 bridgehead atoms. The van der Waals surface area contributed by atoms with E-state index in [9.17, 15) is 18.0 Å². The number of nitrogens with one attached hydrogen (secondary N) is 1. The van der Waals surface area contributed by atoms with Crippen LogP contribution in [-0.2, 0) is 4.79 Å². The summed E-state index contributed by atoms with van der Waals surface area (Å²) in [6.45, 7) is 0.664. The molecule has 0 aromatic rings. The maximum atomic E-state index is 12.1. The first-order chi connectivity index (χ1) is 7.42. The van der Waals surface area contributed by atoms with E-state index in [1.807, 2.05) is 0 Å². The molecule has 1 aliphatic rings. The highest BCUT2D eigenvalue weighted by Gasteiger charge is 2.32. The number of hydrogen-bond acceptors (Lipinski definition) is 3. The fraction of sp³-hybridized carbons (Fsp3) is 0.889. The Morgan fingerprint density at radius 3 is 2.25 bits per heavy atom. The molecule has 0 unspecified atom stereocenters. The predicted octanol–water partition coefficient (Wildman–Crippen LogP) is -0.0877. The molecule has 1 rings (SSSR count). The van der Waals surface area contributed by atoms with Gasteiger partial charge in [0.15, 0.2) is 0 Å². The van der Waals surface area contributed by atoms with E-state index in [-0.39, 0.29) is 25.5 Å². The minimum atomic E-state index is -4.16. The fourth-order valence-corrected chi connectivity index (χ4v) is 1.67. The summed E-state index contributed by atoms with van der Waals surface area (Å²) >= 11 is 0. The van der Waals surface area contributed by atoms with E-state index in [1.165, 1.54) is 4.90 Å². The molecule has 0 aromatic carbocycles. The zero-order valence-electron chi connectivity index (χ0n) is 9.18. The van der Waals surface area contributed by atoms with Crippen LogP contribution in [0.4, 0.5) is 13.2 Å². The number of amides is 1. The number of nitrogens with zero attached hydrogens (tertiary/aromatic N) is 2. The third-order valence-electron chi connectivity index (χ3n) is 2.46. The maximum absolute atomic E-state index is 12.1. The van der Waals surface area contributed by atoms with Gasteiger partial charge in [0.2, 0.25) is 5.91 Å². The largest absolute Gasteiger partial charge is 0.401 e. The van der Waals surface area contributed by atoms with Gasteiger partial charge in [0.1, 0.15) is 0 Å². The molecule has 1 heterocycles. The zero-order valence-corrected chi connectivity index (χ0v) is 9.18.